The molecule has 1 atom stereocenters. The summed E-state index contributed by atoms with van der Waals surface area (Å²) in [4.78, 5) is 33.1. The van der Waals surface area contributed by atoms with E-state index >= 15 is 0 Å². The van der Waals surface area contributed by atoms with Crippen molar-refractivity contribution in [2.24, 2.45) is 11.7 Å². The number of nitrogens with one attached hydrogen (secondary N) is 2. The largest absolute Gasteiger partial charge is 0.494 e. The molecule has 2 saturated carbocycles. The molecule has 37 heavy (non-hydrogen) atoms. The minimum Gasteiger partial charge on any atom is -0.494 e. The van der Waals surface area contributed by atoms with E-state index in [-0.39, 0.29) is 23.4 Å². The maximum atomic E-state index is 12.2. The number of carbonyl (C=O) groups is 2. The number of pyridine rings is 1. The number of imidazole rings is 1. The molecule has 2 amide bonds. The number of carbonyl (C=O) groups excluding carboxylic acids is 2. The Kier molecular flexibility index (Phi) is 5.81. The fourth-order valence-electron chi connectivity index (χ4n) is 4.94. The number of benzene rings is 1. The first-order chi connectivity index (χ1) is 18.0. The van der Waals surface area contributed by atoms with Gasteiger partial charge in [-0.2, -0.15) is 0 Å². The van der Waals surface area contributed by atoms with Gasteiger partial charge in [-0.15, -0.1) is 0 Å². The van der Waals surface area contributed by atoms with Crippen LogP contribution in [-0.4, -0.2) is 52.5 Å². The average Bonchev–Trinajstić information content (AvgIpc) is 3.40. The number of para-hydroxylation sites is 1. The highest BCUT2D eigenvalue weighted by atomic mass is 16.7. The first kappa shape index (κ1) is 23.4. The molecule has 3 fully saturated rings. The fourth-order valence-corrected chi connectivity index (χ4v) is 4.94. The standard InChI is InChI=1S/C26H28N6O5/c1-35-23-16(20-13-32(14-29-20)21-7-8-26(21)36-9-10-37-26)3-2-4-18(23)30-19-11-22(28-12-17(19)24(27)33)31-25(34)15-5-6-15/h2-4,11-15,21H,5-10H2,1H3,(H2,27,33)(H2,28,30,31,34)/t21-/m1/s1. The lowest BCUT2D eigenvalue weighted by Crippen LogP contribution is -2.48. The van der Waals surface area contributed by atoms with Crippen LogP contribution in [0.25, 0.3) is 11.3 Å². The SMILES string of the molecule is COc1c(Nc2cc(NC(=O)C3CC3)ncc2C(N)=O)cccc1-c1cn([C@@H]2CCC23OCCO3)cn1. The molecular weight excluding hydrogens is 476 g/mol. The summed E-state index contributed by atoms with van der Waals surface area (Å²) in [5.74, 6) is -0.377. The zero-order valence-corrected chi connectivity index (χ0v) is 20.4. The van der Waals surface area contributed by atoms with E-state index in [0.29, 0.717) is 36.2 Å². The number of amides is 2. The van der Waals surface area contributed by atoms with Gasteiger partial charge in [0.15, 0.2) is 11.5 Å². The first-order valence-corrected chi connectivity index (χ1v) is 12.3. The van der Waals surface area contributed by atoms with Crippen LogP contribution in [0.2, 0.25) is 0 Å². The van der Waals surface area contributed by atoms with Gasteiger partial charge in [0, 0.05) is 36.4 Å². The number of ether oxygens (including phenoxy) is 3. The lowest BCUT2D eigenvalue weighted by molar-refractivity contribution is -0.240. The second kappa shape index (κ2) is 9.16. The summed E-state index contributed by atoms with van der Waals surface area (Å²) < 4.78 is 19.6. The molecule has 1 saturated heterocycles. The Labute approximate surface area is 213 Å². The van der Waals surface area contributed by atoms with E-state index in [9.17, 15) is 9.59 Å². The van der Waals surface area contributed by atoms with E-state index < -0.39 is 11.7 Å². The molecule has 0 radical (unpaired) electrons. The molecule has 3 aromatic rings. The number of aromatic nitrogens is 3. The summed E-state index contributed by atoms with van der Waals surface area (Å²) in [6, 6.07) is 7.28. The summed E-state index contributed by atoms with van der Waals surface area (Å²) >= 11 is 0. The molecule has 11 nitrogen and oxygen atoms in total. The van der Waals surface area contributed by atoms with Crippen LogP contribution >= 0.6 is 0 Å². The molecule has 1 spiro atoms. The summed E-state index contributed by atoms with van der Waals surface area (Å²) in [7, 11) is 1.57. The fraction of sp³-hybridized carbons (Fsp3) is 0.385. The Balaban J connectivity index is 1.29. The zero-order valence-electron chi connectivity index (χ0n) is 20.4. The second-order valence-electron chi connectivity index (χ2n) is 9.52. The third-order valence-electron chi connectivity index (χ3n) is 7.14. The van der Waals surface area contributed by atoms with Crippen molar-refractivity contribution in [3.05, 3.63) is 48.5 Å². The molecule has 1 aromatic carbocycles. The van der Waals surface area contributed by atoms with Crippen LogP contribution in [0, 0.1) is 5.92 Å². The maximum Gasteiger partial charge on any atom is 0.252 e. The Hall–Kier alpha value is -3.96. The van der Waals surface area contributed by atoms with E-state index in [1.807, 2.05) is 29.0 Å². The van der Waals surface area contributed by atoms with Gasteiger partial charge in [0.2, 0.25) is 5.91 Å². The van der Waals surface area contributed by atoms with Crippen LogP contribution in [0.4, 0.5) is 17.2 Å². The summed E-state index contributed by atoms with van der Waals surface area (Å²) in [6.07, 6.45) is 8.67. The summed E-state index contributed by atoms with van der Waals surface area (Å²) in [5, 5.41) is 6.04. The number of nitrogens with zero attached hydrogens (tertiary/aromatic N) is 3. The Morgan fingerprint density at radius 1 is 1.16 bits per heavy atom. The highest BCUT2D eigenvalue weighted by molar-refractivity contribution is 6.01. The van der Waals surface area contributed by atoms with Gasteiger partial charge in [0.25, 0.3) is 5.91 Å². The molecule has 192 valence electrons. The molecule has 3 heterocycles. The first-order valence-electron chi connectivity index (χ1n) is 12.3. The smallest absolute Gasteiger partial charge is 0.252 e. The van der Waals surface area contributed by atoms with Gasteiger partial charge >= 0.3 is 0 Å². The minimum absolute atomic E-state index is 0.0206. The van der Waals surface area contributed by atoms with Crippen molar-refractivity contribution in [1.29, 1.82) is 0 Å². The molecule has 4 N–H and O–H groups in total. The summed E-state index contributed by atoms with van der Waals surface area (Å²) in [5.41, 5.74) is 8.28. The Morgan fingerprint density at radius 2 is 1.97 bits per heavy atom. The third kappa shape index (κ3) is 4.30. The van der Waals surface area contributed by atoms with Crippen molar-refractivity contribution in [3.8, 4) is 17.0 Å². The highest BCUT2D eigenvalue weighted by Crippen LogP contribution is 2.49. The van der Waals surface area contributed by atoms with E-state index in [1.165, 1.54) is 6.20 Å². The number of nitrogens with two attached hydrogens (primary N) is 1. The molecule has 11 heteroatoms. The number of rotatable bonds is 8. The van der Waals surface area contributed by atoms with Gasteiger partial charge < -0.3 is 35.1 Å². The second-order valence-corrected chi connectivity index (χ2v) is 9.52. The lowest BCUT2D eigenvalue weighted by Gasteiger charge is -2.44. The molecular formula is C26H28N6O5. The lowest BCUT2D eigenvalue weighted by atomic mass is 9.84. The molecule has 6 rings (SSSR count). The van der Waals surface area contributed by atoms with Crippen LogP contribution in [-0.2, 0) is 14.3 Å². The highest BCUT2D eigenvalue weighted by Gasteiger charge is 2.53. The van der Waals surface area contributed by atoms with Crippen LogP contribution in [0.3, 0.4) is 0 Å². The number of primary amides is 1. The van der Waals surface area contributed by atoms with Crippen LogP contribution in [0.5, 0.6) is 5.75 Å². The monoisotopic (exact) mass is 504 g/mol. The number of anilines is 3. The number of hydrogen-bond donors (Lipinski definition) is 3. The third-order valence-corrected chi connectivity index (χ3v) is 7.14. The van der Waals surface area contributed by atoms with E-state index in [1.54, 1.807) is 19.5 Å². The Morgan fingerprint density at radius 3 is 2.65 bits per heavy atom. The van der Waals surface area contributed by atoms with Crippen LogP contribution < -0.4 is 21.1 Å². The van der Waals surface area contributed by atoms with Crippen molar-refractivity contribution in [3.63, 3.8) is 0 Å². The van der Waals surface area contributed by atoms with Crippen LogP contribution in [0.1, 0.15) is 42.1 Å². The zero-order chi connectivity index (χ0) is 25.6. The van der Waals surface area contributed by atoms with Crippen molar-refractivity contribution in [1.82, 2.24) is 14.5 Å². The van der Waals surface area contributed by atoms with Crippen molar-refractivity contribution < 1.29 is 23.8 Å². The molecule has 2 aromatic heterocycles. The predicted molar refractivity (Wildman–Crippen MR) is 135 cm³/mol. The average molecular weight is 505 g/mol. The van der Waals surface area contributed by atoms with Crippen molar-refractivity contribution >= 4 is 29.0 Å². The topological polar surface area (TPSA) is 143 Å². The normalized spacial score (nSPS) is 19.9. The van der Waals surface area contributed by atoms with Gasteiger partial charge in [-0.3, -0.25) is 9.59 Å². The number of methoxy groups -OCH3 is 1. The molecule has 0 unspecified atom stereocenters. The van der Waals surface area contributed by atoms with Crippen molar-refractivity contribution in [2.45, 2.75) is 37.5 Å². The molecule has 0 bridgehead atoms. The molecule has 2 aliphatic carbocycles. The van der Waals surface area contributed by atoms with Crippen LogP contribution in [0.15, 0.2) is 43.0 Å². The van der Waals surface area contributed by atoms with E-state index in [2.05, 4.69) is 20.6 Å². The van der Waals surface area contributed by atoms with Gasteiger partial charge in [0.05, 0.1) is 55.3 Å². The van der Waals surface area contributed by atoms with Crippen molar-refractivity contribution in [2.75, 3.05) is 31.0 Å². The van der Waals surface area contributed by atoms with E-state index in [4.69, 9.17) is 19.9 Å². The predicted octanol–water partition coefficient (Wildman–Crippen LogP) is 3.22. The minimum atomic E-state index is -0.644. The Bertz CT molecular complexity index is 1360. The molecule has 1 aliphatic heterocycles. The van der Waals surface area contributed by atoms with Gasteiger partial charge in [0.1, 0.15) is 5.82 Å². The summed E-state index contributed by atoms with van der Waals surface area (Å²) in [6.45, 7) is 1.21. The quantitative estimate of drug-likeness (QED) is 0.424. The van der Waals surface area contributed by atoms with E-state index in [0.717, 1.165) is 36.9 Å². The maximum absolute atomic E-state index is 12.2. The molecule has 3 aliphatic rings. The van der Waals surface area contributed by atoms with Gasteiger partial charge in [-0.25, -0.2) is 9.97 Å². The van der Waals surface area contributed by atoms with Gasteiger partial charge in [-0.1, -0.05) is 6.07 Å². The van der Waals surface area contributed by atoms with Gasteiger partial charge in [-0.05, 0) is 31.4 Å². The number of hydrogen-bond acceptors (Lipinski definition) is 8.